The Bertz CT molecular complexity index is 1540. The molecule has 0 spiro atoms. The molecule has 4 aromatic rings. The topological polar surface area (TPSA) is 137 Å². The Morgan fingerprint density at radius 3 is 2.41 bits per heavy atom. The number of benzene rings is 3. The van der Waals surface area contributed by atoms with Gasteiger partial charge in [-0.15, -0.1) is 0 Å². The van der Waals surface area contributed by atoms with Crippen LogP contribution in [-0.2, 0) is 4.74 Å². The van der Waals surface area contributed by atoms with E-state index in [2.05, 4.69) is 0 Å². The van der Waals surface area contributed by atoms with Gasteiger partial charge in [0.2, 0.25) is 11.2 Å². The molecule has 3 aromatic carbocycles. The molecule has 10 nitrogen and oxygen atoms in total. The van der Waals surface area contributed by atoms with Crippen LogP contribution >= 0.6 is 0 Å². The molecule has 3 N–H and O–H groups in total. The SMILES string of the molecule is COCC1Oc2ccc(-c3oc4cc(O)cc(O)c4c(=O)c3OC)cc2OC1c1ccc(O)c(OC)c1. The summed E-state index contributed by atoms with van der Waals surface area (Å²) in [5.41, 5.74) is 0.518. The molecule has 5 rings (SSSR count). The maximum absolute atomic E-state index is 13.1. The van der Waals surface area contributed by atoms with E-state index in [9.17, 15) is 20.1 Å². The molecule has 10 heteroatoms. The van der Waals surface area contributed by atoms with Gasteiger partial charge in [-0.3, -0.25) is 4.79 Å². The van der Waals surface area contributed by atoms with Crippen LogP contribution in [0.2, 0.25) is 0 Å². The summed E-state index contributed by atoms with van der Waals surface area (Å²) in [5, 5.41) is 30.0. The van der Waals surface area contributed by atoms with Crippen molar-refractivity contribution in [2.45, 2.75) is 12.2 Å². The summed E-state index contributed by atoms with van der Waals surface area (Å²) in [7, 11) is 4.33. The molecule has 0 fully saturated rings. The fourth-order valence-electron chi connectivity index (χ4n) is 4.36. The van der Waals surface area contributed by atoms with E-state index in [-0.39, 0.29) is 46.3 Å². The number of hydrogen-bond donors (Lipinski definition) is 3. The second-order valence-corrected chi connectivity index (χ2v) is 8.37. The summed E-state index contributed by atoms with van der Waals surface area (Å²) in [6, 6.07) is 12.1. The van der Waals surface area contributed by atoms with Crippen molar-refractivity contribution in [2.24, 2.45) is 0 Å². The molecule has 0 amide bonds. The van der Waals surface area contributed by atoms with Crippen molar-refractivity contribution in [1.82, 2.24) is 0 Å². The van der Waals surface area contributed by atoms with Crippen molar-refractivity contribution in [3.05, 3.63) is 64.3 Å². The van der Waals surface area contributed by atoms with Gasteiger partial charge < -0.3 is 43.4 Å². The van der Waals surface area contributed by atoms with Crippen LogP contribution in [0.5, 0.6) is 40.2 Å². The molecule has 0 aliphatic carbocycles. The zero-order valence-corrected chi connectivity index (χ0v) is 20.2. The minimum Gasteiger partial charge on any atom is -0.508 e. The average Bonchev–Trinajstić information content (AvgIpc) is 2.88. The maximum Gasteiger partial charge on any atom is 0.239 e. The fourth-order valence-corrected chi connectivity index (χ4v) is 4.36. The van der Waals surface area contributed by atoms with Crippen LogP contribution in [0.1, 0.15) is 11.7 Å². The van der Waals surface area contributed by atoms with Crippen LogP contribution < -0.4 is 24.4 Å². The fraction of sp³-hybridized carbons (Fsp3) is 0.222. The first-order valence-corrected chi connectivity index (χ1v) is 11.2. The van der Waals surface area contributed by atoms with Gasteiger partial charge in [-0.2, -0.15) is 0 Å². The Morgan fingerprint density at radius 2 is 1.68 bits per heavy atom. The molecule has 1 aliphatic heterocycles. The highest BCUT2D eigenvalue weighted by atomic mass is 16.6. The zero-order valence-electron chi connectivity index (χ0n) is 20.2. The highest BCUT2D eigenvalue weighted by Crippen LogP contribution is 2.44. The van der Waals surface area contributed by atoms with Gasteiger partial charge in [0.15, 0.2) is 41.0 Å². The standard InChI is InChI=1S/C27H24O10/c1-32-12-22-25(13-4-6-16(29)19(8-13)33-2)36-20-9-14(5-7-18(20)35-22)26-27(34-3)24(31)23-17(30)10-15(28)11-21(23)37-26/h4-11,22,25,28-30H,12H2,1-3H3. The molecule has 192 valence electrons. The first kappa shape index (κ1) is 24.1. The lowest BCUT2D eigenvalue weighted by Gasteiger charge is -2.34. The van der Waals surface area contributed by atoms with Crippen LogP contribution in [0.25, 0.3) is 22.3 Å². The minimum atomic E-state index is -0.614. The molecule has 0 radical (unpaired) electrons. The Hall–Kier alpha value is -4.57. The third-order valence-corrected chi connectivity index (χ3v) is 6.06. The van der Waals surface area contributed by atoms with E-state index in [1.54, 1.807) is 37.4 Å². The Morgan fingerprint density at radius 1 is 0.865 bits per heavy atom. The van der Waals surface area contributed by atoms with E-state index in [0.29, 0.717) is 22.6 Å². The number of hydrogen-bond acceptors (Lipinski definition) is 10. The lowest BCUT2D eigenvalue weighted by atomic mass is 10.0. The van der Waals surface area contributed by atoms with Gasteiger partial charge in [0.25, 0.3) is 0 Å². The van der Waals surface area contributed by atoms with E-state index in [1.807, 2.05) is 0 Å². The summed E-state index contributed by atoms with van der Waals surface area (Å²) in [6.45, 7) is 0.232. The number of phenols is 3. The molecule has 1 aliphatic rings. The molecule has 2 atom stereocenters. The number of aromatic hydroxyl groups is 3. The molecule has 0 saturated carbocycles. The smallest absolute Gasteiger partial charge is 0.239 e. The van der Waals surface area contributed by atoms with Gasteiger partial charge in [-0.05, 0) is 30.3 Å². The summed E-state index contributed by atoms with van der Waals surface area (Å²) >= 11 is 0. The molecular weight excluding hydrogens is 484 g/mol. The maximum atomic E-state index is 13.1. The second-order valence-electron chi connectivity index (χ2n) is 8.37. The Balaban J connectivity index is 1.61. The van der Waals surface area contributed by atoms with Gasteiger partial charge in [-0.1, -0.05) is 6.07 Å². The van der Waals surface area contributed by atoms with Crippen molar-refractivity contribution in [1.29, 1.82) is 0 Å². The second kappa shape index (κ2) is 9.47. The van der Waals surface area contributed by atoms with Crippen LogP contribution in [-0.4, -0.2) is 49.4 Å². The molecule has 1 aromatic heterocycles. The number of rotatable bonds is 6. The van der Waals surface area contributed by atoms with Crippen LogP contribution in [0.3, 0.4) is 0 Å². The minimum absolute atomic E-state index is 0.00976. The van der Waals surface area contributed by atoms with Crippen LogP contribution in [0.4, 0.5) is 0 Å². The van der Waals surface area contributed by atoms with Crippen molar-refractivity contribution in [2.75, 3.05) is 27.9 Å². The first-order valence-electron chi connectivity index (χ1n) is 11.2. The highest BCUT2D eigenvalue weighted by molar-refractivity contribution is 5.88. The summed E-state index contributed by atoms with van der Waals surface area (Å²) < 4.78 is 34.3. The summed E-state index contributed by atoms with van der Waals surface area (Å²) in [4.78, 5) is 13.1. The quantitative estimate of drug-likeness (QED) is 0.349. The largest absolute Gasteiger partial charge is 0.508 e. The number of fused-ring (bicyclic) bond motifs is 2. The van der Waals surface area contributed by atoms with Crippen molar-refractivity contribution >= 4 is 11.0 Å². The van der Waals surface area contributed by atoms with Crippen molar-refractivity contribution in [3.63, 3.8) is 0 Å². The molecule has 37 heavy (non-hydrogen) atoms. The first-order chi connectivity index (χ1) is 17.8. The van der Waals surface area contributed by atoms with Gasteiger partial charge >= 0.3 is 0 Å². The normalized spacial score (nSPS) is 16.5. The van der Waals surface area contributed by atoms with Crippen LogP contribution in [0.15, 0.2) is 57.7 Å². The highest BCUT2D eigenvalue weighted by Gasteiger charge is 2.34. The summed E-state index contributed by atoms with van der Waals surface area (Å²) in [5.74, 6) is 0.363. The number of phenolic OH excluding ortho intramolecular Hbond substituents is 3. The lowest BCUT2D eigenvalue weighted by Crippen LogP contribution is -2.36. The Kier molecular flexibility index (Phi) is 6.18. The van der Waals surface area contributed by atoms with E-state index >= 15 is 0 Å². The van der Waals surface area contributed by atoms with Gasteiger partial charge in [0, 0.05) is 30.4 Å². The number of ether oxygens (including phenoxy) is 5. The molecule has 2 heterocycles. The van der Waals surface area contributed by atoms with E-state index < -0.39 is 23.4 Å². The third kappa shape index (κ3) is 4.21. The lowest BCUT2D eigenvalue weighted by molar-refractivity contribution is -0.0239. The van der Waals surface area contributed by atoms with Gasteiger partial charge in [-0.25, -0.2) is 0 Å². The average molecular weight is 508 g/mol. The molecular formula is C27H24O10. The zero-order chi connectivity index (χ0) is 26.3. The summed E-state index contributed by atoms with van der Waals surface area (Å²) in [6.07, 6.45) is -1.12. The van der Waals surface area contributed by atoms with Crippen molar-refractivity contribution < 1.29 is 43.4 Å². The van der Waals surface area contributed by atoms with E-state index in [0.717, 1.165) is 6.07 Å². The molecule has 0 bridgehead atoms. The van der Waals surface area contributed by atoms with Gasteiger partial charge in [0.05, 0.1) is 20.8 Å². The van der Waals surface area contributed by atoms with Gasteiger partial charge in [0.1, 0.15) is 22.5 Å². The van der Waals surface area contributed by atoms with Crippen LogP contribution in [0, 0.1) is 0 Å². The predicted octanol–water partition coefficient (Wildman–Crippen LogP) is 4.12. The Labute approximate surface area is 210 Å². The molecule has 0 saturated heterocycles. The van der Waals surface area contributed by atoms with E-state index in [4.69, 9.17) is 28.1 Å². The van der Waals surface area contributed by atoms with E-state index in [1.165, 1.54) is 26.4 Å². The predicted molar refractivity (Wildman–Crippen MR) is 132 cm³/mol. The third-order valence-electron chi connectivity index (χ3n) is 6.06. The molecule has 2 unspecified atom stereocenters. The van der Waals surface area contributed by atoms with Crippen molar-refractivity contribution in [3.8, 4) is 51.6 Å². The monoisotopic (exact) mass is 508 g/mol. The number of methoxy groups -OCH3 is 3.